The second-order valence-corrected chi connectivity index (χ2v) is 5.83. The molecule has 7 heteroatoms. The molecule has 7 nitrogen and oxygen atoms in total. The van der Waals surface area contributed by atoms with Crippen molar-refractivity contribution in [2.45, 2.75) is 32.4 Å². The Morgan fingerprint density at radius 3 is 2.92 bits per heavy atom. The number of rotatable bonds is 5. The van der Waals surface area contributed by atoms with E-state index in [2.05, 4.69) is 26.1 Å². The van der Waals surface area contributed by atoms with Crippen molar-refractivity contribution in [2.75, 3.05) is 19.6 Å². The quantitative estimate of drug-likeness (QED) is 0.666. The topological polar surface area (TPSA) is 76.0 Å². The third-order valence-corrected chi connectivity index (χ3v) is 4.23. The van der Waals surface area contributed by atoms with Crippen LogP contribution in [0.25, 0.3) is 11.3 Å². The van der Waals surface area contributed by atoms with E-state index in [1.165, 1.54) is 6.20 Å². The number of hydrogen-bond acceptors (Lipinski definition) is 5. The van der Waals surface area contributed by atoms with Crippen molar-refractivity contribution in [3.8, 4) is 23.6 Å². The molecule has 0 saturated carbocycles. The lowest BCUT2D eigenvalue weighted by atomic mass is 10.1. The predicted octanol–water partition coefficient (Wildman–Crippen LogP) is 1.55. The Labute approximate surface area is 141 Å². The largest absolute Gasteiger partial charge is 0.459 e. The smallest absolute Gasteiger partial charge is 0.342 e. The van der Waals surface area contributed by atoms with Gasteiger partial charge < -0.3 is 4.74 Å². The molecule has 2 aromatic heterocycles. The summed E-state index contributed by atoms with van der Waals surface area (Å²) in [6.07, 6.45) is 12.0. The van der Waals surface area contributed by atoms with Crippen molar-refractivity contribution in [1.29, 1.82) is 0 Å². The van der Waals surface area contributed by atoms with Crippen LogP contribution in [-0.4, -0.2) is 56.6 Å². The van der Waals surface area contributed by atoms with Gasteiger partial charge >= 0.3 is 5.97 Å². The number of nitrogens with one attached hydrogen (secondary N) is 1. The molecule has 1 fully saturated rings. The number of carbonyl (C=O) groups excluding carboxylic acids is 1. The van der Waals surface area contributed by atoms with E-state index in [0.29, 0.717) is 17.8 Å². The van der Waals surface area contributed by atoms with Crippen molar-refractivity contribution >= 4 is 5.97 Å². The highest BCUT2D eigenvalue weighted by atomic mass is 16.5. The molecule has 3 rings (SSSR count). The highest BCUT2D eigenvalue weighted by molar-refractivity contribution is 5.95. The standard InChI is InChI=1S/C17H21N5O2/c1-3-7-21-8-5-14(6-9-21)24-17(23)15-11-18-20-16(15)13-10-19-22(4-2)12-13/h1,10-12,14H,4-9H2,2H3,(H,18,20). The highest BCUT2D eigenvalue weighted by Crippen LogP contribution is 2.23. The first-order chi connectivity index (χ1) is 11.7. The zero-order valence-electron chi connectivity index (χ0n) is 13.7. The molecule has 3 heterocycles. The number of nitrogens with zero attached hydrogens (tertiary/aromatic N) is 4. The minimum atomic E-state index is -0.349. The number of aromatic amines is 1. The number of esters is 1. The molecule has 1 aliphatic heterocycles. The molecular formula is C17H21N5O2. The van der Waals surface area contributed by atoms with Gasteiger partial charge in [0.05, 0.1) is 24.6 Å². The number of hydrogen-bond donors (Lipinski definition) is 1. The van der Waals surface area contributed by atoms with Crippen LogP contribution in [0.5, 0.6) is 0 Å². The van der Waals surface area contributed by atoms with Crippen LogP contribution in [0, 0.1) is 12.3 Å². The van der Waals surface area contributed by atoms with Crippen LogP contribution < -0.4 is 0 Å². The van der Waals surface area contributed by atoms with Crippen molar-refractivity contribution < 1.29 is 9.53 Å². The van der Waals surface area contributed by atoms with Crippen LogP contribution >= 0.6 is 0 Å². The summed E-state index contributed by atoms with van der Waals surface area (Å²) in [5.41, 5.74) is 1.91. The van der Waals surface area contributed by atoms with Gasteiger partial charge in [0, 0.05) is 31.4 Å². The molecule has 2 aromatic rings. The average Bonchev–Trinajstić information content (AvgIpc) is 3.25. The summed E-state index contributed by atoms with van der Waals surface area (Å²) >= 11 is 0. The van der Waals surface area contributed by atoms with Crippen LogP contribution in [-0.2, 0) is 11.3 Å². The Hall–Kier alpha value is -2.59. The minimum Gasteiger partial charge on any atom is -0.459 e. The fraction of sp³-hybridized carbons (Fsp3) is 0.471. The van der Waals surface area contributed by atoms with Gasteiger partial charge in [-0.2, -0.15) is 10.2 Å². The van der Waals surface area contributed by atoms with Gasteiger partial charge in [-0.3, -0.25) is 14.7 Å². The fourth-order valence-electron chi connectivity index (χ4n) is 2.86. The maximum Gasteiger partial charge on any atom is 0.342 e. The van der Waals surface area contributed by atoms with E-state index in [1.807, 2.05) is 13.1 Å². The molecule has 0 unspecified atom stereocenters. The highest BCUT2D eigenvalue weighted by Gasteiger charge is 2.25. The van der Waals surface area contributed by atoms with E-state index in [4.69, 9.17) is 11.2 Å². The number of aryl methyl sites for hydroxylation is 1. The molecule has 0 aliphatic carbocycles. The Kier molecular flexibility index (Phi) is 4.96. The second-order valence-electron chi connectivity index (χ2n) is 5.83. The maximum atomic E-state index is 12.5. The number of terminal acetylenes is 1. The molecule has 24 heavy (non-hydrogen) atoms. The van der Waals surface area contributed by atoms with Crippen LogP contribution in [0.4, 0.5) is 0 Å². The molecule has 0 spiro atoms. The third-order valence-electron chi connectivity index (χ3n) is 4.23. The summed E-state index contributed by atoms with van der Waals surface area (Å²) in [5, 5.41) is 11.1. The Morgan fingerprint density at radius 2 is 2.25 bits per heavy atom. The molecular weight excluding hydrogens is 306 g/mol. The summed E-state index contributed by atoms with van der Waals surface area (Å²) in [4.78, 5) is 14.7. The van der Waals surface area contributed by atoms with Crippen molar-refractivity contribution in [2.24, 2.45) is 0 Å². The normalized spacial score (nSPS) is 16.0. The molecule has 1 N–H and O–H groups in total. The predicted molar refractivity (Wildman–Crippen MR) is 89.2 cm³/mol. The average molecular weight is 327 g/mol. The fourth-order valence-corrected chi connectivity index (χ4v) is 2.86. The second kappa shape index (κ2) is 7.32. The summed E-state index contributed by atoms with van der Waals surface area (Å²) in [6.45, 7) is 5.12. The number of likely N-dealkylation sites (tertiary alicyclic amines) is 1. The zero-order chi connectivity index (χ0) is 16.9. The summed E-state index contributed by atoms with van der Waals surface area (Å²) < 4.78 is 7.45. The van der Waals surface area contributed by atoms with E-state index in [1.54, 1.807) is 10.9 Å². The number of ether oxygens (including phenoxy) is 1. The number of aromatic nitrogens is 4. The first kappa shape index (κ1) is 16.3. The molecule has 0 atom stereocenters. The summed E-state index contributed by atoms with van der Waals surface area (Å²) in [6, 6.07) is 0. The lowest BCUT2D eigenvalue weighted by Gasteiger charge is -2.30. The Morgan fingerprint density at radius 1 is 1.46 bits per heavy atom. The SMILES string of the molecule is C#CCN1CCC(OC(=O)c2cn[nH]c2-c2cnn(CC)c2)CC1. The van der Waals surface area contributed by atoms with Crippen molar-refractivity contribution in [3.05, 3.63) is 24.2 Å². The van der Waals surface area contributed by atoms with Crippen LogP contribution in [0.3, 0.4) is 0 Å². The summed E-state index contributed by atoms with van der Waals surface area (Å²) in [5.74, 6) is 2.30. The van der Waals surface area contributed by atoms with Gasteiger partial charge in [-0.05, 0) is 19.8 Å². The van der Waals surface area contributed by atoms with E-state index in [-0.39, 0.29) is 12.1 Å². The van der Waals surface area contributed by atoms with Gasteiger partial charge in [0.25, 0.3) is 0 Å². The van der Waals surface area contributed by atoms with Gasteiger partial charge in [-0.15, -0.1) is 6.42 Å². The Balaban J connectivity index is 1.64. The van der Waals surface area contributed by atoms with E-state index in [0.717, 1.165) is 38.0 Å². The van der Waals surface area contributed by atoms with Crippen molar-refractivity contribution in [3.63, 3.8) is 0 Å². The van der Waals surface area contributed by atoms with Crippen LogP contribution in [0.15, 0.2) is 18.6 Å². The molecule has 1 aliphatic rings. The van der Waals surface area contributed by atoms with Gasteiger partial charge in [0.2, 0.25) is 0 Å². The van der Waals surface area contributed by atoms with Crippen molar-refractivity contribution in [1.82, 2.24) is 24.9 Å². The summed E-state index contributed by atoms with van der Waals surface area (Å²) in [7, 11) is 0. The van der Waals surface area contributed by atoms with E-state index >= 15 is 0 Å². The number of carbonyl (C=O) groups is 1. The molecule has 0 amide bonds. The van der Waals surface area contributed by atoms with Gasteiger partial charge in [-0.1, -0.05) is 5.92 Å². The lowest BCUT2D eigenvalue weighted by Crippen LogP contribution is -2.38. The first-order valence-electron chi connectivity index (χ1n) is 8.14. The first-order valence-corrected chi connectivity index (χ1v) is 8.14. The van der Waals surface area contributed by atoms with Gasteiger partial charge in [-0.25, -0.2) is 4.79 Å². The maximum absolute atomic E-state index is 12.5. The molecule has 0 radical (unpaired) electrons. The molecule has 0 aromatic carbocycles. The van der Waals surface area contributed by atoms with Gasteiger partial charge in [0.1, 0.15) is 11.7 Å². The third kappa shape index (κ3) is 3.49. The van der Waals surface area contributed by atoms with E-state index in [9.17, 15) is 4.79 Å². The molecule has 126 valence electrons. The van der Waals surface area contributed by atoms with E-state index < -0.39 is 0 Å². The van der Waals surface area contributed by atoms with Crippen LogP contribution in [0.1, 0.15) is 30.1 Å². The monoisotopic (exact) mass is 327 g/mol. The lowest BCUT2D eigenvalue weighted by molar-refractivity contribution is 0.0128. The minimum absolute atomic E-state index is 0.0763. The number of H-pyrrole nitrogens is 1. The van der Waals surface area contributed by atoms with Gasteiger partial charge in [0.15, 0.2) is 0 Å². The van der Waals surface area contributed by atoms with Crippen LogP contribution in [0.2, 0.25) is 0 Å². The molecule has 0 bridgehead atoms. The Bertz CT molecular complexity index is 734. The number of piperidine rings is 1. The zero-order valence-corrected chi connectivity index (χ0v) is 13.7. The molecule has 1 saturated heterocycles.